The first-order chi connectivity index (χ1) is 10.6. The Kier molecular flexibility index (Phi) is 3.85. The zero-order valence-electron chi connectivity index (χ0n) is 12.3. The summed E-state index contributed by atoms with van der Waals surface area (Å²) < 4.78 is 2.60. The third-order valence-corrected chi connectivity index (χ3v) is 4.15. The Bertz CT molecular complexity index is 841. The van der Waals surface area contributed by atoms with Gasteiger partial charge in [0.25, 0.3) is 0 Å². The number of nitrogens with one attached hydrogen (secondary N) is 2. The number of thiazole rings is 1. The van der Waals surface area contributed by atoms with Crippen molar-refractivity contribution in [3.8, 4) is 11.1 Å². The van der Waals surface area contributed by atoms with Gasteiger partial charge in [0.2, 0.25) is 0 Å². The predicted octanol–water partition coefficient (Wildman–Crippen LogP) is 1.63. The molecule has 3 aromatic rings. The maximum absolute atomic E-state index is 11.6. The average molecular weight is 311 g/mol. The van der Waals surface area contributed by atoms with E-state index in [1.165, 1.54) is 11.3 Å². The van der Waals surface area contributed by atoms with Crippen LogP contribution in [0.3, 0.4) is 0 Å². The van der Waals surface area contributed by atoms with Gasteiger partial charge < -0.3 is 5.32 Å². The van der Waals surface area contributed by atoms with E-state index in [2.05, 4.69) is 20.7 Å². The second-order valence-electron chi connectivity index (χ2n) is 4.82. The van der Waals surface area contributed by atoms with Crippen LogP contribution in [0.1, 0.15) is 6.92 Å². The van der Waals surface area contributed by atoms with E-state index in [4.69, 9.17) is 7.85 Å². The average Bonchev–Trinajstić information content (AvgIpc) is 3.05. The maximum Gasteiger partial charge on any atom is 0.321 e. The molecule has 2 N–H and O–H groups in total. The minimum atomic E-state index is -0.271. The molecule has 0 saturated carbocycles. The highest BCUT2D eigenvalue weighted by Crippen LogP contribution is 2.28. The Balaban J connectivity index is 1.98. The summed E-state index contributed by atoms with van der Waals surface area (Å²) >= 11 is 1.36. The fourth-order valence-electron chi connectivity index (χ4n) is 2.15. The van der Waals surface area contributed by atoms with Crippen molar-refractivity contribution in [1.82, 2.24) is 20.1 Å². The molecular weight excluding hydrogens is 297 g/mol. The lowest BCUT2D eigenvalue weighted by molar-refractivity contribution is 0.252. The summed E-state index contributed by atoms with van der Waals surface area (Å²) in [7, 11) is 7.98. The summed E-state index contributed by atoms with van der Waals surface area (Å²) in [5.74, 6) is 0. The van der Waals surface area contributed by atoms with E-state index in [0.29, 0.717) is 17.1 Å². The predicted molar refractivity (Wildman–Crippen MR) is 89.9 cm³/mol. The molecule has 0 aliphatic carbocycles. The van der Waals surface area contributed by atoms with Crippen molar-refractivity contribution >= 4 is 46.0 Å². The van der Waals surface area contributed by atoms with Crippen LogP contribution in [0, 0.1) is 0 Å². The zero-order valence-corrected chi connectivity index (χ0v) is 13.1. The van der Waals surface area contributed by atoms with Crippen LogP contribution in [0.5, 0.6) is 0 Å². The highest BCUT2D eigenvalue weighted by molar-refractivity contribution is 7.23. The second-order valence-corrected chi connectivity index (χ2v) is 5.82. The van der Waals surface area contributed by atoms with E-state index in [1.807, 2.05) is 32.3 Å². The number of fused-ring (bicyclic) bond motifs is 1. The Morgan fingerprint density at radius 3 is 2.91 bits per heavy atom. The highest BCUT2D eigenvalue weighted by Gasteiger charge is 2.11. The molecule has 0 fully saturated rings. The molecule has 0 atom stereocenters. The summed E-state index contributed by atoms with van der Waals surface area (Å²) in [6.07, 6.45) is 3.70. The summed E-state index contributed by atoms with van der Waals surface area (Å²) in [5, 5.41) is 10.1. The fourth-order valence-corrected chi connectivity index (χ4v) is 3.02. The number of benzene rings is 1. The van der Waals surface area contributed by atoms with Crippen LogP contribution in [0.4, 0.5) is 9.93 Å². The normalized spacial score (nSPS) is 10.8. The van der Waals surface area contributed by atoms with Crippen LogP contribution < -0.4 is 16.1 Å². The van der Waals surface area contributed by atoms with E-state index in [1.54, 1.807) is 10.9 Å². The molecule has 2 heterocycles. The number of rotatable bonds is 3. The second kappa shape index (κ2) is 5.80. The van der Waals surface area contributed by atoms with Gasteiger partial charge in [0, 0.05) is 30.1 Å². The van der Waals surface area contributed by atoms with Gasteiger partial charge >= 0.3 is 6.03 Å². The van der Waals surface area contributed by atoms with Crippen LogP contribution in [-0.4, -0.2) is 35.2 Å². The van der Waals surface area contributed by atoms with Gasteiger partial charge in [-0.2, -0.15) is 5.10 Å². The number of anilines is 1. The molecule has 6 nitrogen and oxygen atoms in total. The van der Waals surface area contributed by atoms with Gasteiger partial charge in [-0.25, -0.2) is 9.78 Å². The molecule has 110 valence electrons. The zero-order chi connectivity index (χ0) is 15.7. The fraction of sp³-hybridized carbons (Fsp3) is 0.214. The molecule has 0 saturated heterocycles. The third-order valence-electron chi connectivity index (χ3n) is 3.11. The number of hydrogen-bond acceptors (Lipinski definition) is 4. The molecule has 0 spiro atoms. The van der Waals surface area contributed by atoms with Gasteiger partial charge in [-0.1, -0.05) is 22.9 Å². The molecule has 0 aliphatic heterocycles. The summed E-state index contributed by atoms with van der Waals surface area (Å²) in [5.41, 5.74) is 3.32. The lowest BCUT2D eigenvalue weighted by Gasteiger charge is -2.00. The van der Waals surface area contributed by atoms with Gasteiger partial charge in [-0.05, 0) is 18.6 Å². The standard InChI is InChI=1S/C14H14BN5OS/c1-3-16-13(21)19-14-18-11-5-8(4-10(15)12(11)22-14)9-6-17-20(2)7-9/h4-7H,3H2,1-2H3,(H2,16,18,19,21). The lowest BCUT2D eigenvalue weighted by Crippen LogP contribution is -2.28. The minimum Gasteiger partial charge on any atom is -0.338 e. The van der Waals surface area contributed by atoms with E-state index >= 15 is 0 Å². The molecule has 0 unspecified atom stereocenters. The maximum atomic E-state index is 11.6. The molecule has 0 aliphatic rings. The third kappa shape index (κ3) is 2.82. The molecule has 1 aromatic carbocycles. The number of aromatic nitrogens is 3. The van der Waals surface area contributed by atoms with Crippen molar-refractivity contribution in [3.05, 3.63) is 24.5 Å². The summed E-state index contributed by atoms with van der Waals surface area (Å²) in [6, 6.07) is 3.57. The topological polar surface area (TPSA) is 71.8 Å². The van der Waals surface area contributed by atoms with Gasteiger partial charge in [0.15, 0.2) is 5.13 Å². The molecule has 2 amide bonds. The Labute approximate surface area is 133 Å². The van der Waals surface area contributed by atoms with E-state index < -0.39 is 0 Å². The number of urea groups is 1. The number of nitrogens with zero attached hydrogens (tertiary/aromatic N) is 3. The highest BCUT2D eigenvalue weighted by atomic mass is 32.1. The molecular formula is C14H14BN5OS. The molecule has 8 heteroatoms. The number of carbonyl (C=O) groups is 1. The Morgan fingerprint density at radius 2 is 2.23 bits per heavy atom. The van der Waals surface area contributed by atoms with Crippen LogP contribution in [-0.2, 0) is 7.05 Å². The minimum absolute atomic E-state index is 0.271. The quantitative estimate of drug-likeness (QED) is 0.722. The first-order valence-corrected chi connectivity index (χ1v) is 7.62. The molecule has 22 heavy (non-hydrogen) atoms. The molecule has 3 rings (SSSR count). The lowest BCUT2D eigenvalue weighted by atomic mass is 9.92. The van der Waals surface area contributed by atoms with E-state index in [0.717, 1.165) is 21.3 Å². The number of hydrogen-bond donors (Lipinski definition) is 2. The number of carbonyl (C=O) groups excluding carboxylic acids is 1. The van der Waals surface area contributed by atoms with Crippen LogP contribution in [0.15, 0.2) is 24.5 Å². The smallest absolute Gasteiger partial charge is 0.321 e. The van der Waals surface area contributed by atoms with Crippen molar-refractivity contribution in [2.45, 2.75) is 6.92 Å². The first kappa shape index (κ1) is 14.6. The Hall–Kier alpha value is -2.35. The number of aryl methyl sites for hydroxylation is 1. The largest absolute Gasteiger partial charge is 0.338 e. The molecule has 2 aromatic heterocycles. The van der Waals surface area contributed by atoms with Crippen molar-refractivity contribution in [1.29, 1.82) is 0 Å². The first-order valence-electron chi connectivity index (χ1n) is 6.80. The van der Waals surface area contributed by atoms with Gasteiger partial charge in [0.1, 0.15) is 7.85 Å². The van der Waals surface area contributed by atoms with Gasteiger partial charge in [0.05, 0.1) is 11.7 Å². The summed E-state index contributed by atoms with van der Waals surface area (Å²) in [4.78, 5) is 16.0. The van der Waals surface area contributed by atoms with E-state index in [-0.39, 0.29) is 6.03 Å². The van der Waals surface area contributed by atoms with Crippen LogP contribution in [0.25, 0.3) is 21.3 Å². The van der Waals surface area contributed by atoms with E-state index in [9.17, 15) is 4.79 Å². The van der Waals surface area contributed by atoms with Crippen LogP contribution >= 0.6 is 11.3 Å². The van der Waals surface area contributed by atoms with Crippen molar-refractivity contribution in [2.24, 2.45) is 7.05 Å². The Morgan fingerprint density at radius 1 is 1.41 bits per heavy atom. The van der Waals surface area contributed by atoms with Crippen molar-refractivity contribution in [3.63, 3.8) is 0 Å². The summed E-state index contributed by atoms with van der Waals surface area (Å²) in [6.45, 7) is 2.42. The van der Waals surface area contributed by atoms with Crippen LogP contribution in [0.2, 0.25) is 0 Å². The number of amides is 2. The van der Waals surface area contributed by atoms with Crippen molar-refractivity contribution in [2.75, 3.05) is 11.9 Å². The van der Waals surface area contributed by atoms with Gasteiger partial charge in [-0.15, -0.1) is 0 Å². The molecule has 2 radical (unpaired) electrons. The molecule has 0 bridgehead atoms. The monoisotopic (exact) mass is 311 g/mol. The van der Waals surface area contributed by atoms with Crippen molar-refractivity contribution < 1.29 is 4.79 Å². The van der Waals surface area contributed by atoms with Gasteiger partial charge in [-0.3, -0.25) is 10.00 Å². The SMILES string of the molecule is [B]c1cc(-c2cnn(C)c2)cc2nc(NC(=O)NCC)sc12.